The zero-order valence-electron chi connectivity index (χ0n) is 13.9. The molecule has 0 unspecified atom stereocenters. The Morgan fingerprint density at radius 3 is 1.30 bits per heavy atom. The van der Waals surface area contributed by atoms with E-state index in [9.17, 15) is 26.3 Å². The molecule has 27 heavy (non-hydrogen) atoms. The van der Waals surface area contributed by atoms with Crippen molar-refractivity contribution in [3.8, 4) is 0 Å². The fourth-order valence-corrected chi connectivity index (χ4v) is 3.88. The molecule has 2 aromatic rings. The number of hydrogen-bond donors (Lipinski definition) is 0. The molecular weight excluding hydrogens is 418 g/mol. The van der Waals surface area contributed by atoms with Crippen molar-refractivity contribution < 1.29 is 39.3 Å². The summed E-state index contributed by atoms with van der Waals surface area (Å²) in [7, 11) is -7.98. The first-order valence-corrected chi connectivity index (χ1v) is 9.74. The minimum Gasteiger partial charge on any atom is -0.741 e. The Morgan fingerprint density at radius 1 is 0.778 bits per heavy atom. The number of rotatable bonds is 2. The van der Waals surface area contributed by atoms with Crippen LogP contribution in [0.2, 0.25) is 0 Å². The van der Waals surface area contributed by atoms with Gasteiger partial charge in [0.15, 0.2) is 30.8 Å². The molecule has 0 aliphatic rings. The molecule has 0 spiro atoms. The molecule has 0 atom stereocenters. The van der Waals surface area contributed by atoms with Gasteiger partial charge in [-0.3, -0.25) is 0 Å². The van der Waals surface area contributed by atoms with Crippen LogP contribution in [-0.2, 0) is 21.0 Å². The predicted octanol–water partition coefficient (Wildman–Crippen LogP) is 4.91. The highest BCUT2D eigenvalue weighted by molar-refractivity contribution is 7.97. The lowest BCUT2D eigenvalue weighted by molar-refractivity contribution is -0.0518. The smallest absolute Gasteiger partial charge is 0.586 e. The molecule has 0 radical (unpaired) electrons. The van der Waals surface area contributed by atoms with E-state index in [4.69, 9.17) is 13.0 Å². The Labute approximate surface area is 155 Å². The molecule has 0 aliphatic heterocycles. The van der Waals surface area contributed by atoms with Gasteiger partial charge in [0.2, 0.25) is 0 Å². The van der Waals surface area contributed by atoms with E-state index in [1.807, 2.05) is 0 Å². The Hall–Kier alpha value is -1.72. The van der Waals surface area contributed by atoms with Gasteiger partial charge in [0.1, 0.15) is 0 Å². The normalized spacial score (nSPS) is 12.5. The minimum atomic E-state index is -6.09. The van der Waals surface area contributed by atoms with E-state index in [1.165, 1.54) is 0 Å². The zero-order valence-corrected chi connectivity index (χ0v) is 15.6. The van der Waals surface area contributed by atoms with Gasteiger partial charge >= 0.3 is 11.0 Å². The van der Waals surface area contributed by atoms with E-state index in [1.54, 1.807) is 62.4 Å². The van der Waals surface area contributed by atoms with Crippen molar-refractivity contribution in [1.82, 2.24) is 0 Å². The summed E-state index contributed by atoms with van der Waals surface area (Å²) >= 11 is 0. The largest absolute Gasteiger partial charge is 0.741 e. The van der Waals surface area contributed by atoms with Crippen molar-refractivity contribution in [1.29, 1.82) is 0 Å². The molecule has 0 bridgehead atoms. The second kappa shape index (κ2) is 8.53. The lowest BCUT2D eigenvalue weighted by atomic mass is 10.2. The van der Waals surface area contributed by atoms with Crippen LogP contribution in [0.4, 0.5) is 26.3 Å². The molecular formula is C16H14F6O3S2. The van der Waals surface area contributed by atoms with Crippen LogP contribution in [0.3, 0.4) is 0 Å². The van der Waals surface area contributed by atoms with Crippen LogP contribution in [-0.4, -0.2) is 24.0 Å². The summed E-state index contributed by atoms with van der Waals surface area (Å²) < 4.78 is 99.3. The quantitative estimate of drug-likeness (QED) is 0.293. The van der Waals surface area contributed by atoms with Gasteiger partial charge in [0, 0.05) is 11.1 Å². The van der Waals surface area contributed by atoms with E-state index in [-0.39, 0.29) is 0 Å². The van der Waals surface area contributed by atoms with Gasteiger partial charge in [-0.05, 0) is 26.0 Å². The first-order chi connectivity index (χ1) is 12.2. The number of benzene rings is 2. The summed E-state index contributed by atoms with van der Waals surface area (Å²) in [6, 6.07) is 13.4. The van der Waals surface area contributed by atoms with E-state index in [0.29, 0.717) is 20.9 Å². The third kappa shape index (κ3) is 6.43. The van der Waals surface area contributed by atoms with Crippen molar-refractivity contribution in [2.75, 3.05) is 0 Å². The van der Waals surface area contributed by atoms with Crippen molar-refractivity contribution in [3.05, 3.63) is 59.7 Å². The first kappa shape index (κ1) is 23.3. The van der Waals surface area contributed by atoms with Crippen LogP contribution in [0.25, 0.3) is 0 Å². The lowest BCUT2D eigenvalue weighted by Crippen LogP contribution is -2.25. The maximum absolute atomic E-state index is 13.5. The number of alkyl halides is 6. The Kier molecular flexibility index (Phi) is 7.37. The number of aryl methyl sites for hydroxylation is 2. The van der Waals surface area contributed by atoms with Crippen molar-refractivity contribution in [2.45, 2.75) is 34.7 Å². The average Bonchev–Trinajstić information content (AvgIpc) is 2.49. The van der Waals surface area contributed by atoms with Gasteiger partial charge in [-0.2, -0.15) is 13.2 Å². The highest BCUT2D eigenvalue weighted by Crippen LogP contribution is 2.40. The molecule has 2 rings (SSSR count). The highest BCUT2D eigenvalue weighted by Gasteiger charge is 2.55. The summed E-state index contributed by atoms with van der Waals surface area (Å²) in [5, 5.41) is 0. The van der Waals surface area contributed by atoms with Gasteiger partial charge in [-0.25, -0.2) is 8.42 Å². The fraction of sp³-hybridized carbons (Fsp3) is 0.250. The summed E-state index contributed by atoms with van der Waals surface area (Å²) in [6.45, 7) is 3.44. The molecule has 0 aliphatic carbocycles. The molecule has 0 aromatic heterocycles. The second-order valence-corrected chi connectivity index (χ2v) is 8.51. The van der Waals surface area contributed by atoms with Gasteiger partial charge in [-0.15, -0.1) is 13.2 Å². The SMILES string of the molecule is Cc1ccccc1[S+](c1ccccc1C)C(F)(F)F.O=S(=O)([O-])C(F)(F)F. The summed E-state index contributed by atoms with van der Waals surface area (Å²) in [4.78, 5) is 0.702. The highest BCUT2D eigenvalue weighted by atomic mass is 32.2. The maximum atomic E-state index is 13.5. The van der Waals surface area contributed by atoms with E-state index < -0.39 is 32.0 Å². The molecule has 0 amide bonds. The first-order valence-electron chi connectivity index (χ1n) is 7.11. The number of hydrogen-bond acceptors (Lipinski definition) is 3. The monoisotopic (exact) mass is 432 g/mol. The Bertz CT molecular complexity index is 831. The van der Waals surface area contributed by atoms with Gasteiger partial charge < -0.3 is 4.55 Å². The molecule has 0 fully saturated rings. The minimum absolute atomic E-state index is 0.351. The van der Waals surface area contributed by atoms with Crippen LogP contribution in [0.1, 0.15) is 11.1 Å². The van der Waals surface area contributed by atoms with Gasteiger partial charge in [0.25, 0.3) is 0 Å². The molecule has 2 aromatic carbocycles. The molecule has 0 heterocycles. The molecule has 0 saturated carbocycles. The summed E-state index contributed by atoms with van der Waals surface area (Å²) in [5.41, 5.74) is -8.57. The van der Waals surface area contributed by atoms with E-state index in [0.717, 1.165) is 0 Å². The molecule has 150 valence electrons. The molecule has 11 heteroatoms. The van der Waals surface area contributed by atoms with Crippen LogP contribution in [0, 0.1) is 13.8 Å². The Balaban J connectivity index is 0.000000387. The fourth-order valence-electron chi connectivity index (χ4n) is 1.94. The van der Waals surface area contributed by atoms with Crippen LogP contribution in [0.5, 0.6) is 0 Å². The van der Waals surface area contributed by atoms with Crippen LogP contribution >= 0.6 is 0 Å². The Morgan fingerprint density at radius 2 is 1.07 bits per heavy atom. The molecule has 3 nitrogen and oxygen atoms in total. The van der Waals surface area contributed by atoms with Crippen molar-refractivity contribution in [2.24, 2.45) is 0 Å². The van der Waals surface area contributed by atoms with E-state index in [2.05, 4.69) is 0 Å². The van der Waals surface area contributed by atoms with Gasteiger partial charge in [0.05, 0.1) is 0 Å². The molecule has 0 saturated heterocycles. The second-order valence-electron chi connectivity index (χ2n) is 5.18. The van der Waals surface area contributed by atoms with Crippen LogP contribution < -0.4 is 0 Å². The zero-order chi connectivity index (χ0) is 21.0. The average molecular weight is 432 g/mol. The standard InChI is InChI=1S/C15H14F3S.CHF3O3S/c1-11-7-3-5-9-13(11)19(15(16,17)18)14-10-6-4-8-12(14)2;2-1(3,4)8(5,6)7/h3-10H,1-2H3;(H,5,6,7)/q+1;/p-1. The molecule has 0 N–H and O–H groups in total. The summed E-state index contributed by atoms with van der Waals surface area (Å²) in [5.74, 6) is 0. The topological polar surface area (TPSA) is 57.2 Å². The lowest BCUT2D eigenvalue weighted by Gasteiger charge is -2.13. The van der Waals surface area contributed by atoms with E-state index >= 15 is 0 Å². The van der Waals surface area contributed by atoms with Crippen molar-refractivity contribution >= 4 is 21.0 Å². The third-order valence-corrected chi connectivity index (χ3v) is 5.97. The summed E-state index contributed by atoms with van der Waals surface area (Å²) in [6.07, 6.45) is 0. The maximum Gasteiger partial charge on any atom is 0.586 e. The third-order valence-electron chi connectivity index (χ3n) is 3.14. The number of halogens is 6. The van der Waals surface area contributed by atoms with Crippen LogP contribution in [0.15, 0.2) is 58.3 Å². The van der Waals surface area contributed by atoms with Gasteiger partial charge in [-0.1, -0.05) is 36.4 Å². The predicted molar refractivity (Wildman–Crippen MR) is 88.1 cm³/mol. The van der Waals surface area contributed by atoms with Crippen molar-refractivity contribution in [3.63, 3.8) is 0 Å².